The van der Waals surface area contributed by atoms with E-state index in [1.165, 1.54) is 17.8 Å². The number of imidazole rings is 1. The van der Waals surface area contributed by atoms with Crippen LogP contribution in [0, 0.1) is 5.92 Å². The third-order valence-electron chi connectivity index (χ3n) is 5.28. The summed E-state index contributed by atoms with van der Waals surface area (Å²) in [5.74, 6) is -0.314. The fraction of sp³-hybridized carbons (Fsp3) is 0.571. The number of alkyl halides is 3. The summed E-state index contributed by atoms with van der Waals surface area (Å²) >= 11 is 1.23. The second kappa shape index (κ2) is 9.93. The van der Waals surface area contributed by atoms with Gasteiger partial charge in [-0.2, -0.15) is 13.2 Å². The van der Waals surface area contributed by atoms with Crippen molar-refractivity contribution in [2.24, 2.45) is 5.92 Å². The zero-order chi connectivity index (χ0) is 22.6. The molecule has 3 rings (SSSR count). The van der Waals surface area contributed by atoms with Crippen LogP contribution in [0.2, 0.25) is 0 Å². The summed E-state index contributed by atoms with van der Waals surface area (Å²) < 4.78 is 46.1. The van der Waals surface area contributed by atoms with E-state index in [2.05, 4.69) is 4.98 Å². The molecule has 0 N–H and O–H groups in total. The zero-order valence-corrected chi connectivity index (χ0v) is 18.4. The monoisotopic (exact) mass is 457 g/mol. The molecule has 0 radical (unpaired) electrons. The second-order valence-electron chi connectivity index (χ2n) is 7.44. The number of amides is 1. The van der Waals surface area contributed by atoms with Gasteiger partial charge in [0, 0.05) is 19.6 Å². The molecule has 0 atom stereocenters. The molecule has 10 heteroatoms. The normalized spacial score (nSPS) is 15.5. The first kappa shape index (κ1) is 23.4. The van der Waals surface area contributed by atoms with E-state index in [1.807, 2.05) is 6.92 Å². The Morgan fingerprint density at radius 2 is 1.94 bits per heavy atom. The molecule has 1 amide bonds. The number of halogens is 3. The number of thioether (sulfide) groups is 1. The molecule has 0 saturated carbocycles. The van der Waals surface area contributed by atoms with Crippen LogP contribution >= 0.6 is 11.8 Å². The molecule has 1 saturated heterocycles. The van der Waals surface area contributed by atoms with Crippen LogP contribution < -0.4 is 0 Å². The van der Waals surface area contributed by atoms with Crippen molar-refractivity contribution in [2.45, 2.75) is 51.0 Å². The second-order valence-corrected chi connectivity index (χ2v) is 8.39. The highest BCUT2D eigenvalue weighted by Gasteiger charge is 2.31. The first-order chi connectivity index (χ1) is 14.7. The lowest BCUT2D eigenvalue weighted by Crippen LogP contribution is -2.41. The Bertz CT molecular complexity index is 937. The van der Waals surface area contributed by atoms with Crippen molar-refractivity contribution in [1.29, 1.82) is 0 Å². The van der Waals surface area contributed by atoms with Gasteiger partial charge in [-0.1, -0.05) is 18.7 Å². The van der Waals surface area contributed by atoms with E-state index in [9.17, 15) is 22.8 Å². The van der Waals surface area contributed by atoms with Gasteiger partial charge in [0.25, 0.3) is 0 Å². The van der Waals surface area contributed by atoms with Gasteiger partial charge in [-0.05, 0) is 44.4 Å². The fourth-order valence-electron chi connectivity index (χ4n) is 3.67. The zero-order valence-electron chi connectivity index (χ0n) is 17.6. The number of hydrogen-bond acceptors (Lipinski definition) is 5. The fourth-order valence-corrected chi connectivity index (χ4v) is 4.61. The smallest absolute Gasteiger partial charge is 0.416 e. The number of aromatic nitrogens is 2. The average Bonchev–Trinajstić information content (AvgIpc) is 3.09. The maximum Gasteiger partial charge on any atom is 0.416 e. The third kappa shape index (κ3) is 5.53. The standard InChI is InChI=1S/C21H26F3N3O3S/c1-3-9-27-17-12-15(21(22,23)24)5-6-16(17)25-20(27)31-13-18(28)26-10-7-14(8-11-26)19(29)30-4-2/h5-6,12,14H,3-4,7-11,13H2,1-2H3. The largest absolute Gasteiger partial charge is 0.466 e. The van der Waals surface area contributed by atoms with Gasteiger partial charge in [0.2, 0.25) is 5.91 Å². The van der Waals surface area contributed by atoms with Crippen molar-refractivity contribution >= 4 is 34.7 Å². The van der Waals surface area contributed by atoms with Crippen molar-refractivity contribution < 1.29 is 27.5 Å². The molecule has 2 aromatic rings. The van der Waals surface area contributed by atoms with Crippen LogP contribution in [0.5, 0.6) is 0 Å². The number of piperidine rings is 1. The van der Waals surface area contributed by atoms with Gasteiger partial charge in [-0.3, -0.25) is 9.59 Å². The summed E-state index contributed by atoms with van der Waals surface area (Å²) in [7, 11) is 0. The summed E-state index contributed by atoms with van der Waals surface area (Å²) in [5, 5.41) is 0.533. The van der Waals surface area contributed by atoms with Crippen molar-refractivity contribution in [1.82, 2.24) is 14.5 Å². The number of aryl methyl sites for hydroxylation is 1. The summed E-state index contributed by atoms with van der Waals surface area (Å²) in [6, 6.07) is 3.51. The molecule has 6 nitrogen and oxygen atoms in total. The minimum absolute atomic E-state index is 0.0709. The Kier molecular flexibility index (Phi) is 7.51. The van der Waals surface area contributed by atoms with Crippen LogP contribution in [-0.4, -0.2) is 51.8 Å². The topological polar surface area (TPSA) is 64.4 Å². The summed E-state index contributed by atoms with van der Waals surface area (Å²) in [4.78, 5) is 30.7. The lowest BCUT2D eigenvalue weighted by molar-refractivity contribution is -0.151. The molecule has 0 aliphatic carbocycles. The lowest BCUT2D eigenvalue weighted by Gasteiger charge is -2.30. The van der Waals surface area contributed by atoms with E-state index in [0.29, 0.717) is 55.3 Å². The van der Waals surface area contributed by atoms with Gasteiger partial charge in [-0.25, -0.2) is 4.98 Å². The van der Waals surface area contributed by atoms with Crippen molar-refractivity contribution in [2.75, 3.05) is 25.4 Å². The van der Waals surface area contributed by atoms with Crippen LogP contribution in [0.4, 0.5) is 13.2 Å². The van der Waals surface area contributed by atoms with Gasteiger partial charge < -0.3 is 14.2 Å². The molecule has 1 aliphatic heterocycles. The number of hydrogen-bond donors (Lipinski definition) is 0. The minimum atomic E-state index is -4.42. The Morgan fingerprint density at radius 1 is 1.23 bits per heavy atom. The van der Waals surface area contributed by atoms with E-state index in [-0.39, 0.29) is 23.5 Å². The Hall–Kier alpha value is -2.23. The van der Waals surface area contributed by atoms with E-state index >= 15 is 0 Å². The Labute approximate surface area is 183 Å². The molecule has 0 bridgehead atoms. The average molecular weight is 458 g/mol. The number of nitrogens with zero attached hydrogens (tertiary/aromatic N) is 3. The summed E-state index contributed by atoms with van der Waals surface area (Å²) in [5.41, 5.74) is 0.183. The Balaban J connectivity index is 1.67. The van der Waals surface area contributed by atoms with Crippen LogP contribution in [0.1, 0.15) is 38.7 Å². The van der Waals surface area contributed by atoms with Crippen LogP contribution in [0.15, 0.2) is 23.4 Å². The molecule has 1 fully saturated rings. The molecule has 2 heterocycles. The highest BCUT2D eigenvalue weighted by atomic mass is 32.2. The first-order valence-electron chi connectivity index (χ1n) is 10.4. The summed E-state index contributed by atoms with van der Waals surface area (Å²) in [6.45, 7) is 5.54. The molecular formula is C21H26F3N3O3S. The number of carbonyl (C=O) groups excluding carboxylic acids is 2. The quantitative estimate of drug-likeness (QED) is 0.457. The number of rotatable bonds is 7. The highest BCUT2D eigenvalue weighted by molar-refractivity contribution is 7.99. The predicted molar refractivity (Wildman–Crippen MR) is 112 cm³/mol. The van der Waals surface area contributed by atoms with E-state index in [0.717, 1.165) is 18.6 Å². The third-order valence-corrected chi connectivity index (χ3v) is 6.24. The number of esters is 1. The molecule has 1 aromatic heterocycles. The van der Waals surface area contributed by atoms with Gasteiger partial charge in [-0.15, -0.1) is 0 Å². The molecule has 170 valence electrons. The number of likely N-dealkylation sites (tertiary alicyclic amines) is 1. The molecule has 31 heavy (non-hydrogen) atoms. The van der Waals surface area contributed by atoms with E-state index in [4.69, 9.17) is 4.74 Å². The lowest BCUT2D eigenvalue weighted by atomic mass is 9.97. The maximum absolute atomic E-state index is 13.1. The van der Waals surface area contributed by atoms with Crippen LogP contribution in [0.3, 0.4) is 0 Å². The van der Waals surface area contributed by atoms with Gasteiger partial charge >= 0.3 is 12.1 Å². The number of ether oxygens (including phenoxy) is 1. The van der Waals surface area contributed by atoms with E-state index < -0.39 is 11.7 Å². The number of benzene rings is 1. The van der Waals surface area contributed by atoms with Gasteiger partial charge in [0.05, 0.1) is 34.9 Å². The van der Waals surface area contributed by atoms with E-state index in [1.54, 1.807) is 16.4 Å². The SMILES string of the molecule is CCCn1c(SCC(=O)N2CCC(C(=O)OCC)CC2)nc2ccc(C(F)(F)F)cc21. The molecule has 1 aromatic carbocycles. The first-order valence-corrected chi connectivity index (χ1v) is 11.4. The molecule has 0 unspecified atom stereocenters. The number of carbonyl (C=O) groups is 2. The van der Waals surface area contributed by atoms with Gasteiger partial charge in [0.15, 0.2) is 5.16 Å². The van der Waals surface area contributed by atoms with Crippen molar-refractivity contribution in [3.63, 3.8) is 0 Å². The summed E-state index contributed by atoms with van der Waals surface area (Å²) in [6.07, 6.45) is -2.55. The maximum atomic E-state index is 13.1. The number of fused-ring (bicyclic) bond motifs is 1. The molecule has 1 aliphatic rings. The van der Waals surface area contributed by atoms with Crippen LogP contribution in [-0.2, 0) is 27.0 Å². The highest BCUT2D eigenvalue weighted by Crippen LogP contribution is 2.33. The van der Waals surface area contributed by atoms with Gasteiger partial charge in [0.1, 0.15) is 0 Å². The predicted octanol–water partition coefficient (Wildman–Crippen LogP) is 4.36. The minimum Gasteiger partial charge on any atom is -0.466 e. The molecular weight excluding hydrogens is 431 g/mol. The van der Waals surface area contributed by atoms with Crippen molar-refractivity contribution in [3.05, 3.63) is 23.8 Å². The van der Waals surface area contributed by atoms with Crippen LogP contribution in [0.25, 0.3) is 11.0 Å². The van der Waals surface area contributed by atoms with Crippen molar-refractivity contribution in [3.8, 4) is 0 Å². The molecule has 0 spiro atoms. The Morgan fingerprint density at radius 3 is 2.55 bits per heavy atom.